The monoisotopic (exact) mass is 1330 g/mol. The first-order valence-corrected chi connectivity index (χ1v) is 29.7. The summed E-state index contributed by atoms with van der Waals surface area (Å²) in [5.74, 6) is -2.51. The van der Waals surface area contributed by atoms with Crippen molar-refractivity contribution in [1.82, 2.24) is 63.9 Å². The van der Waals surface area contributed by atoms with E-state index < -0.39 is 35.7 Å². The Labute approximate surface area is 554 Å². The number of aromatic carboxylic acids is 2. The number of aromatic amines is 1. The molecule has 0 aliphatic heterocycles. The van der Waals surface area contributed by atoms with Gasteiger partial charge >= 0.3 is 11.9 Å². The van der Waals surface area contributed by atoms with Crippen molar-refractivity contribution < 1.29 is 55.7 Å². The van der Waals surface area contributed by atoms with Crippen molar-refractivity contribution >= 4 is 90.9 Å². The zero-order valence-electron chi connectivity index (χ0n) is 52.6. The van der Waals surface area contributed by atoms with Crippen molar-refractivity contribution in [3.05, 3.63) is 245 Å². The van der Waals surface area contributed by atoms with E-state index in [0.717, 1.165) is 102 Å². The van der Waals surface area contributed by atoms with Crippen LogP contribution in [0, 0.1) is 23.8 Å². The fraction of sp³-hybridized carbons (Fsp3) is 0.129. The van der Waals surface area contributed by atoms with Gasteiger partial charge in [-0.15, -0.1) is 0 Å². The number of halogens is 5. The SMILES string of the molecule is CC(C)=C(Cl)N(C)C.COc1ccc(Cn2ccc3cc(-c4nc5ccc(F)nc5o4)cnc32)cc1.COc1ccc(Cn2ccc3cc(C(=O)O)cnc32)cc1.Fc1ccc2nc(-c3cnc4[nH]ccc4c3)oc2n1.Nc1ccc(F)nc1F.O=C(O)c1cnc2c(c1)C=CC2. The third kappa shape index (κ3) is 17.1. The average Bonchev–Trinajstić information content (AvgIpc) is 1.67. The van der Waals surface area contributed by atoms with Crippen LogP contribution in [0.2, 0.25) is 0 Å². The van der Waals surface area contributed by atoms with Gasteiger partial charge in [-0.05, 0) is 139 Å². The van der Waals surface area contributed by atoms with Crippen molar-refractivity contribution in [2.75, 3.05) is 34.0 Å². The van der Waals surface area contributed by atoms with E-state index in [0.29, 0.717) is 41.5 Å². The lowest BCUT2D eigenvalue weighted by atomic mass is 10.2. The minimum absolute atomic E-state index is 0.142. The number of pyridine rings is 7. The summed E-state index contributed by atoms with van der Waals surface area (Å²) in [5, 5.41) is 21.2. The minimum Gasteiger partial charge on any atom is -0.497 e. The fourth-order valence-corrected chi connectivity index (χ4v) is 9.50. The highest BCUT2D eigenvalue weighted by Gasteiger charge is 2.16. The molecule has 15 rings (SSSR count). The Balaban J connectivity index is 0.000000133. The molecule has 1 aliphatic carbocycles. The largest absolute Gasteiger partial charge is 0.497 e. The molecule has 97 heavy (non-hydrogen) atoms. The number of nitrogens with two attached hydrogens (primary N) is 1. The number of carbonyl (C=O) groups is 2. The van der Waals surface area contributed by atoms with Gasteiger partial charge in [-0.1, -0.05) is 48.0 Å². The number of hydrogen-bond acceptors (Lipinski definition) is 17. The second-order valence-corrected chi connectivity index (χ2v) is 22.0. The van der Waals surface area contributed by atoms with Crippen molar-refractivity contribution in [3.63, 3.8) is 0 Å². The summed E-state index contributed by atoms with van der Waals surface area (Å²) >= 11 is 5.76. The Bertz CT molecular complexity index is 5180. The number of aromatic nitrogens is 12. The number of H-pyrrole nitrogens is 1. The van der Waals surface area contributed by atoms with Crippen LogP contribution >= 0.6 is 11.6 Å². The fourth-order valence-electron chi connectivity index (χ4n) is 9.50. The number of hydrogen-bond donors (Lipinski definition) is 4. The number of anilines is 1. The van der Waals surface area contributed by atoms with Crippen LogP contribution in [0.5, 0.6) is 11.5 Å². The highest BCUT2D eigenvalue weighted by molar-refractivity contribution is 6.29. The van der Waals surface area contributed by atoms with Gasteiger partial charge < -0.3 is 53.3 Å². The van der Waals surface area contributed by atoms with E-state index in [1.807, 2.05) is 147 Å². The first kappa shape index (κ1) is 67.6. The van der Waals surface area contributed by atoms with Gasteiger partial charge in [0.1, 0.15) is 44.6 Å². The molecule has 492 valence electrons. The molecular formula is C70H59ClF4N14O8. The van der Waals surface area contributed by atoms with Gasteiger partial charge in [0.25, 0.3) is 0 Å². The van der Waals surface area contributed by atoms with Crippen molar-refractivity contribution in [2.45, 2.75) is 33.4 Å². The standard InChI is InChI=1S/C21H15FN4O2.C16H14N2O3.C13H7FN4O.C9H7NO2.C6H12ClN.C5H4F2N2/c1-27-16-4-2-13(3-5-16)12-26-9-8-14-10-15(11-23-19(14)26)20-24-17-6-7-18(22)25-21(17)28-20;1-21-14-4-2-11(3-5-14)10-18-7-6-12-8-13(16(19)20)9-17-15(12)18;14-10-2-1-9-13(18-10)19-12(17-9)8-5-7-3-4-15-11(7)16-6-8;11-9(12)7-4-6-2-1-3-8(6)10-5-7;1-5(2)6(7)8(3)4;6-4-2-1-3(8)5(7)9-4/h2-11H,12H2,1H3;2-9H,10H2,1H3,(H,19,20);1-6H,(H,15,16);1-2,4-5H,3H2,(H,11,12);1-4H3;1-2H,8H2. The number of methoxy groups -OCH3 is 2. The molecule has 2 aromatic carbocycles. The van der Waals surface area contributed by atoms with E-state index >= 15 is 0 Å². The van der Waals surface area contributed by atoms with Gasteiger partial charge in [-0.3, -0.25) is 4.98 Å². The number of nitrogens with zero attached hydrogens (tertiary/aromatic N) is 12. The normalized spacial score (nSPS) is 11.0. The lowest BCUT2D eigenvalue weighted by molar-refractivity contribution is 0.0685. The summed E-state index contributed by atoms with van der Waals surface area (Å²) in [6.45, 7) is 5.35. The molecular weight excluding hydrogens is 1280 g/mol. The summed E-state index contributed by atoms with van der Waals surface area (Å²) in [4.78, 5) is 62.3. The Hall–Kier alpha value is -12.3. The van der Waals surface area contributed by atoms with E-state index in [1.54, 1.807) is 44.8 Å². The molecule has 0 saturated carbocycles. The number of carboxylic acid groups (broad SMARTS) is 2. The molecule has 0 saturated heterocycles. The van der Waals surface area contributed by atoms with E-state index in [2.05, 4.69) is 54.4 Å². The van der Waals surface area contributed by atoms with Gasteiger partial charge in [-0.2, -0.15) is 32.5 Å². The maximum Gasteiger partial charge on any atom is 0.337 e. The minimum atomic E-state index is -0.965. The Morgan fingerprint density at radius 1 is 0.608 bits per heavy atom. The lowest BCUT2D eigenvalue weighted by Gasteiger charge is -2.11. The molecule has 1 aliphatic rings. The maximum absolute atomic E-state index is 13.3. The Kier molecular flexibility index (Phi) is 21.3. The third-order valence-electron chi connectivity index (χ3n) is 14.3. The zero-order valence-corrected chi connectivity index (χ0v) is 53.4. The van der Waals surface area contributed by atoms with Crippen molar-refractivity contribution in [1.29, 1.82) is 0 Å². The number of benzene rings is 2. The first-order chi connectivity index (χ1) is 46.7. The second kappa shape index (κ2) is 30.6. The summed E-state index contributed by atoms with van der Waals surface area (Å²) in [6, 6.07) is 36.4. The predicted octanol–water partition coefficient (Wildman–Crippen LogP) is 14.5. The summed E-state index contributed by atoms with van der Waals surface area (Å²) in [5.41, 5.74) is 15.9. The molecule has 0 unspecified atom stereocenters. The number of ether oxygens (including phenoxy) is 2. The van der Waals surface area contributed by atoms with Crippen LogP contribution in [-0.4, -0.2) is 114 Å². The predicted molar refractivity (Wildman–Crippen MR) is 359 cm³/mol. The second-order valence-electron chi connectivity index (χ2n) is 21.6. The summed E-state index contributed by atoms with van der Waals surface area (Å²) < 4.78 is 75.7. The smallest absolute Gasteiger partial charge is 0.337 e. The molecule has 0 radical (unpaired) electrons. The molecule has 5 N–H and O–H groups in total. The van der Waals surface area contributed by atoms with Crippen LogP contribution in [0.1, 0.15) is 56.9 Å². The highest BCUT2D eigenvalue weighted by Crippen LogP contribution is 2.29. The number of nitrogen functional groups attached to an aromatic ring is 1. The van der Waals surface area contributed by atoms with Crippen LogP contribution < -0.4 is 15.2 Å². The van der Waals surface area contributed by atoms with Crippen LogP contribution in [0.4, 0.5) is 23.2 Å². The summed E-state index contributed by atoms with van der Waals surface area (Å²) in [7, 11) is 7.14. The van der Waals surface area contributed by atoms with Crippen LogP contribution in [0.15, 0.2) is 196 Å². The maximum atomic E-state index is 13.3. The van der Waals surface area contributed by atoms with Crippen LogP contribution in [0.25, 0.3) is 84.5 Å². The van der Waals surface area contributed by atoms with Gasteiger partial charge in [0, 0.05) is 93.1 Å². The van der Waals surface area contributed by atoms with E-state index in [-0.39, 0.29) is 28.2 Å². The van der Waals surface area contributed by atoms with Crippen LogP contribution in [-0.2, 0) is 19.5 Å². The third-order valence-corrected chi connectivity index (χ3v) is 15.0. The van der Waals surface area contributed by atoms with Crippen molar-refractivity contribution in [3.8, 4) is 34.4 Å². The molecule has 14 aromatic rings. The average molecular weight is 1340 g/mol. The molecule has 22 nitrogen and oxygen atoms in total. The molecule has 0 spiro atoms. The number of oxazole rings is 2. The molecule has 12 aromatic heterocycles. The lowest BCUT2D eigenvalue weighted by Crippen LogP contribution is -2.07. The molecule has 0 bridgehead atoms. The topological polar surface area (TPSA) is 290 Å². The van der Waals surface area contributed by atoms with Gasteiger partial charge in [0.05, 0.1) is 47.9 Å². The molecule has 0 atom stereocenters. The highest BCUT2D eigenvalue weighted by atomic mass is 35.5. The van der Waals surface area contributed by atoms with Gasteiger partial charge in [0.15, 0.2) is 0 Å². The number of rotatable bonds is 11. The Morgan fingerprint density at radius 3 is 1.61 bits per heavy atom. The van der Waals surface area contributed by atoms with E-state index in [1.165, 1.54) is 30.6 Å². The van der Waals surface area contributed by atoms with Crippen molar-refractivity contribution in [2.24, 2.45) is 0 Å². The number of fused-ring (bicyclic) bond motifs is 6. The molecule has 0 amide bonds. The van der Waals surface area contributed by atoms with Crippen LogP contribution in [0.3, 0.4) is 0 Å². The molecule has 27 heteroatoms. The van der Waals surface area contributed by atoms with Gasteiger partial charge in [0.2, 0.25) is 47.0 Å². The first-order valence-electron chi connectivity index (χ1n) is 29.3. The molecule has 12 heterocycles. The number of nitrogens with one attached hydrogen (secondary N) is 1. The van der Waals surface area contributed by atoms with Gasteiger partial charge in [-0.25, -0.2) is 34.5 Å². The molecule has 0 fully saturated rings. The number of allylic oxidation sites excluding steroid dienone is 2. The number of carboxylic acids is 2. The summed E-state index contributed by atoms with van der Waals surface area (Å²) in [6.07, 6.45) is 16.5. The zero-order chi connectivity index (χ0) is 68.9. The van der Waals surface area contributed by atoms with E-state index in [4.69, 9.17) is 45.9 Å². The van der Waals surface area contributed by atoms with E-state index in [9.17, 15) is 27.2 Å². The quantitative estimate of drug-likeness (QED) is 0.0531. The Morgan fingerprint density at radius 2 is 1.10 bits per heavy atom.